The first kappa shape index (κ1) is 12.3. The molecule has 0 unspecified atom stereocenters. The zero-order valence-corrected chi connectivity index (χ0v) is 11.9. The van der Waals surface area contributed by atoms with Crippen molar-refractivity contribution in [3.05, 3.63) is 50.9 Å². The highest BCUT2D eigenvalue weighted by Crippen LogP contribution is 2.22. The average molecular weight is 359 g/mol. The van der Waals surface area contributed by atoms with E-state index in [2.05, 4.69) is 47.1 Å². The van der Waals surface area contributed by atoms with Gasteiger partial charge in [-0.2, -0.15) is 0 Å². The van der Waals surface area contributed by atoms with Gasteiger partial charge in [-0.3, -0.25) is 9.78 Å². The van der Waals surface area contributed by atoms with Gasteiger partial charge in [-0.25, -0.2) is 0 Å². The van der Waals surface area contributed by atoms with E-state index in [4.69, 9.17) is 0 Å². The summed E-state index contributed by atoms with van der Waals surface area (Å²) < 4.78 is 1.58. The van der Waals surface area contributed by atoms with Gasteiger partial charge >= 0.3 is 0 Å². The van der Waals surface area contributed by atoms with E-state index in [9.17, 15) is 4.79 Å². The summed E-state index contributed by atoms with van der Waals surface area (Å²) in [4.78, 5) is 18.6. The van der Waals surface area contributed by atoms with E-state index in [-0.39, 0.29) is 5.91 Å². The number of nitrogens with one attached hydrogen (secondary N) is 2. The molecule has 0 bridgehead atoms. The van der Waals surface area contributed by atoms with Crippen LogP contribution in [0, 0.1) is 0 Å². The number of hydrogen-bond acceptors (Lipinski definition) is 2. The molecule has 6 heteroatoms. The van der Waals surface area contributed by atoms with Crippen LogP contribution in [0.3, 0.4) is 0 Å². The Kier molecular flexibility index (Phi) is 3.96. The van der Waals surface area contributed by atoms with E-state index in [1.54, 1.807) is 18.5 Å². The third kappa shape index (κ3) is 3.17. The largest absolute Gasteiger partial charge is 0.347 e. The lowest BCUT2D eigenvalue weighted by molar-refractivity contribution is 0.0946. The van der Waals surface area contributed by atoms with Crippen molar-refractivity contribution in [2.24, 2.45) is 0 Å². The summed E-state index contributed by atoms with van der Waals surface area (Å²) in [5.41, 5.74) is 1.52. The number of amides is 1. The molecule has 0 aliphatic carbocycles. The molecule has 2 N–H and O–H groups in total. The lowest BCUT2D eigenvalue weighted by atomic mass is 10.2. The van der Waals surface area contributed by atoms with Crippen molar-refractivity contribution >= 4 is 37.8 Å². The number of halogens is 2. The van der Waals surface area contributed by atoms with Crippen LogP contribution in [-0.2, 0) is 6.54 Å². The minimum atomic E-state index is -0.145. The number of carbonyl (C=O) groups excluding carboxylic acids is 1. The Balaban J connectivity index is 1.98. The van der Waals surface area contributed by atoms with Crippen molar-refractivity contribution in [3.63, 3.8) is 0 Å². The number of hydrogen-bond donors (Lipinski definition) is 2. The number of pyridine rings is 1. The number of H-pyrrole nitrogens is 1. The summed E-state index contributed by atoms with van der Waals surface area (Å²) in [7, 11) is 0. The van der Waals surface area contributed by atoms with Crippen molar-refractivity contribution in [2.75, 3.05) is 0 Å². The van der Waals surface area contributed by atoms with E-state index in [1.165, 1.54) is 0 Å². The van der Waals surface area contributed by atoms with Crippen molar-refractivity contribution in [3.8, 4) is 0 Å². The van der Waals surface area contributed by atoms with Gasteiger partial charge in [-0.15, -0.1) is 0 Å². The minimum Gasteiger partial charge on any atom is -0.347 e. The molecule has 0 fully saturated rings. The zero-order valence-electron chi connectivity index (χ0n) is 8.71. The highest BCUT2D eigenvalue weighted by Gasteiger charge is 2.10. The molecule has 0 atom stereocenters. The first-order valence-electron chi connectivity index (χ1n) is 4.88. The molecule has 17 heavy (non-hydrogen) atoms. The Bertz CT molecular complexity index is 505. The van der Waals surface area contributed by atoms with Gasteiger partial charge in [0.1, 0.15) is 5.69 Å². The highest BCUT2D eigenvalue weighted by atomic mass is 79.9. The van der Waals surface area contributed by atoms with Crippen LogP contribution < -0.4 is 5.32 Å². The summed E-state index contributed by atoms with van der Waals surface area (Å²) in [6.45, 7) is 0.482. The number of nitrogens with zero attached hydrogens (tertiary/aromatic N) is 1. The summed E-state index contributed by atoms with van der Waals surface area (Å²) >= 11 is 6.60. The molecule has 0 saturated heterocycles. The molecule has 0 aromatic carbocycles. The predicted molar refractivity (Wildman–Crippen MR) is 71.6 cm³/mol. The van der Waals surface area contributed by atoms with Crippen molar-refractivity contribution in [1.29, 1.82) is 0 Å². The van der Waals surface area contributed by atoms with Gasteiger partial charge in [0.15, 0.2) is 0 Å². The van der Waals surface area contributed by atoms with Gasteiger partial charge in [0.05, 0.1) is 9.08 Å². The summed E-state index contributed by atoms with van der Waals surface area (Å²) in [5, 5.41) is 2.82. The number of aromatic amines is 1. The Morgan fingerprint density at radius 2 is 2.06 bits per heavy atom. The van der Waals surface area contributed by atoms with Crippen LogP contribution >= 0.6 is 31.9 Å². The molecular weight excluding hydrogens is 350 g/mol. The topological polar surface area (TPSA) is 57.8 Å². The normalized spacial score (nSPS) is 10.2. The van der Waals surface area contributed by atoms with E-state index < -0.39 is 0 Å². The van der Waals surface area contributed by atoms with Gasteiger partial charge in [-0.05, 0) is 55.6 Å². The first-order chi connectivity index (χ1) is 8.16. The molecular formula is C11H9Br2N3O. The van der Waals surface area contributed by atoms with Crippen LogP contribution in [0.4, 0.5) is 0 Å². The second-order valence-electron chi connectivity index (χ2n) is 3.38. The van der Waals surface area contributed by atoms with Crippen LogP contribution in [0.15, 0.2) is 39.7 Å². The zero-order chi connectivity index (χ0) is 12.3. The monoisotopic (exact) mass is 357 g/mol. The SMILES string of the molecule is O=C(NCc1ccncc1)c1cc(Br)c(Br)[nH]1. The van der Waals surface area contributed by atoms with Crippen LogP contribution in [0.5, 0.6) is 0 Å². The molecule has 4 nitrogen and oxygen atoms in total. The van der Waals surface area contributed by atoms with Gasteiger partial charge in [0.25, 0.3) is 5.91 Å². The predicted octanol–water partition coefficient (Wildman–Crippen LogP) is 2.86. The van der Waals surface area contributed by atoms with Gasteiger partial charge in [-0.1, -0.05) is 0 Å². The molecule has 1 amide bonds. The third-order valence-electron chi connectivity index (χ3n) is 2.17. The highest BCUT2D eigenvalue weighted by molar-refractivity contribution is 9.13. The maximum Gasteiger partial charge on any atom is 0.268 e. The second-order valence-corrected chi connectivity index (χ2v) is 5.03. The van der Waals surface area contributed by atoms with E-state index in [1.807, 2.05) is 12.1 Å². The molecule has 2 aromatic rings. The fraction of sp³-hybridized carbons (Fsp3) is 0.0909. The summed E-state index contributed by atoms with van der Waals surface area (Å²) in [6.07, 6.45) is 3.40. The van der Waals surface area contributed by atoms with Gasteiger partial charge in [0.2, 0.25) is 0 Å². The van der Waals surface area contributed by atoms with Crippen LogP contribution in [0.1, 0.15) is 16.1 Å². The van der Waals surface area contributed by atoms with Crippen LogP contribution in [0.25, 0.3) is 0 Å². The van der Waals surface area contributed by atoms with Crippen molar-refractivity contribution in [1.82, 2.24) is 15.3 Å². The summed E-state index contributed by atoms with van der Waals surface area (Å²) in [6, 6.07) is 5.45. The molecule has 0 aliphatic heterocycles. The number of aromatic nitrogens is 2. The molecule has 0 radical (unpaired) electrons. The second kappa shape index (κ2) is 5.46. The average Bonchev–Trinajstić information content (AvgIpc) is 2.68. The lowest BCUT2D eigenvalue weighted by Crippen LogP contribution is -2.23. The minimum absolute atomic E-state index is 0.145. The molecule has 2 aromatic heterocycles. The van der Waals surface area contributed by atoms with Crippen molar-refractivity contribution in [2.45, 2.75) is 6.54 Å². The molecule has 88 valence electrons. The van der Waals surface area contributed by atoms with Crippen LogP contribution in [0.2, 0.25) is 0 Å². The number of rotatable bonds is 3. The Hall–Kier alpha value is -1.14. The Labute approximate surface area is 115 Å². The smallest absolute Gasteiger partial charge is 0.268 e. The van der Waals surface area contributed by atoms with Crippen molar-refractivity contribution < 1.29 is 4.79 Å². The molecule has 0 aliphatic rings. The first-order valence-corrected chi connectivity index (χ1v) is 6.46. The molecule has 2 heterocycles. The van der Waals surface area contributed by atoms with E-state index in [0.717, 1.165) is 14.6 Å². The molecule has 0 spiro atoms. The van der Waals surface area contributed by atoms with Crippen LogP contribution in [-0.4, -0.2) is 15.9 Å². The fourth-order valence-electron chi connectivity index (χ4n) is 1.30. The lowest BCUT2D eigenvalue weighted by Gasteiger charge is -2.03. The maximum atomic E-state index is 11.8. The van der Waals surface area contributed by atoms with E-state index >= 15 is 0 Å². The standard InChI is InChI=1S/C11H9Br2N3O/c12-8-5-9(16-10(8)13)11(17)15-6-7-1-3-14-4-2-7/h1-5,16H,6H2,(H,15,17). The quantitative estimate of drug-likeness (QED) is 0.886. The summed E-state index contributed by atoms with van der Waals surface area (Å²) in [5.74, 6) is -0.145. The Morgan fingerprint density at radius 1 is 1.35 bits per heavy atom. The fourth-order valence-corrected chi connectivity index (χ4v) is 1.96. The van der Waals surface area contributed by atoms with Gasteiger partial charge in [0, 0.05) is 18.9 Å². The van der Waals surface area contributed by atoms with E-state index in [0.29, 0.717) is 12.2 Å². The third-order valence-corrected chi connectivity index (χ3v) is 3.96. The Morgan fingerprint density at radius 3 is 2.65 bits per heavy atom. The number of carbonyl (C=O) groups is 1. The maximum absolute atomic E-state index is 11.8. The molecule has 0 saturated carbocycles. The van der Waals surface area contributed by atoms with Gasteiger partial charge < -0.3 is 10.3 Å². The molecule has 2 rings (SSSR count).